The Labute approximate surface area is 197 Å². The van der Waals surface area contributed by atoms with Gasteiger partial charge in [-0.3, -0.25) is 4.79 Å². The predicted octanol–water partition coefficient (Wildman–Crippen LogP) is 2.42. The fraction of sp³-hybridized carbons (Fsp3) is 0.458. The van der Waals surface area contributed by atoms with Crippen LogP contribution in [0.3, 0.4) is 0 Å². The molecule has 0 radical (unpaired) electrons. The molecule has 2 aliphatic rings. The van der Waals surface area contributed by atoms with Crippen LogP contribution in [0, 0.1) is 6.92 Å². The molecule has 3 aromatic rings. The van der Waals surface area contributed by atoms with Gasteiger partial charge in [0.15, 0.2) is 0 Å². The van der Waals surface area contributed by atoms with Gasteiger partial charge < -0.3 is 26.4 Å². The van der Waals surface area contributed by atoms with E-state index in [0.717, 1.165) is 59.8 Å². The Morgan fingerprint density at radius 3 is 2.88 bits per heavy atom. The zero-order valence-electron chi connectivity index (χ0n) is 19.2. The molecule has 3 atom stereocenters. The van der Waals surface area contributed by atoms with E-state index in [1.807, 2.05) is 26.0 Å². The van der Waals surface area contributed by atoms with E-state index >= 15 is 0 Å². The van der Waals surface area contributed by atoms with Crippen LogP contribution in [0.5, 0.6) is 0 Å². The van der Waals surface area contributed by atoms with E-state index in [0.29, 0.717) is 10.6 Å². The highest BCUT2D eigenvalue weighted by Crippen LogP contribution is 2.33. The van der Waals surface area contributed by atoms with E-state index < -0.39 is 0 Å². The standard InChI is InChI=1S/C24H30N6O2S/c1-13-4-7-16-20(26)21(33-23(16)27-13)22(31)28-15-6-8-17-14(10-15)5-9-19(29-17)30-11-18(25)24(2,12-30)32-3/h4-5,7,9,15,18H,6,8,10-12,25-26H2,1-3H3,(H,28,31)/t15-,18+,24+/m0/s1. The van der Waals surface area contributed by atoms with Gasteiger partial charge in [0.2, 0.25) is 0 Å². The van der Waals surface area contributed by atoms with E-state index in [9.17, 15) is 4.79 Å². The Hall–Kier alpha value is -2.75. The van der Waals surface area contributed by atoms with Crippen LogP contribution in [0.1, 0.15) is 40.0 Å². The number of amides is 1. The lowest BCUT2D eigenvalue weighted by molar-refractivity contribution is 0.0129. The van der Waals surface area contributed by atoms with E-state index in [1.54, 1.807) is 7.11 Å². The summed E-state index contributed by atoms with van der Waals surface area (Å²) in [5.41, 5.74) is 15.9. The minimum atomic E-state index is -0.365. The molecule has 0 saturated carbocycles. The van der Waals surface area contributed by atoms with Crippen LogP contribution in [0.4, 0.5) is 11.5 Å². The van der Waals surface area contributed by atoms with Crippen molar-refractivity contribution < 1.29 is 9.53 Å². The van der Waals surface area contributed by atoms with Crippen LogP contribution in [-0.2, 0) is 17.6 Å². The molecule has 1 saturated heterocycles. The van der Waals surface area contributed by atoms with Crippen LogP contribution < -0.4 is 21.7 Å². The second-order valence-corrected chi connectivity index (χ2v) is 10.3. The summed E-state index contributed by atoms with van der Waals surface area (Å²) in [6.45, 7) is 5.42. The van der Waals surface area contributed by atoms with Crippen LogP contribution in [0.15, 0.2) is 24.3 Å². The van der Waals surface area contributed by atoms with Gasteiger partial charge in [0.25, 0.3) is 5.91 Å². The molecule has 5 rings (SSSR count). The molecule has 4 heterocycles. The number of rotatable bonds is 4. The second kappa shape index (κ2) is 8.23. The molecule has 174 valence electrons. The van der Waals surface area contributed by atoms with Crippen LogP contribution >= 0.6 is 11.3 Å². The van der Waals surface area contributed by atoms with Crippen LogP contribution in [0.25, 0.3) is 10.2 Å². The summed E-state index contributed by atoms with van der Waals surface area (Å²) in [5.74, 6) is 0.810. The van der Waals surface area contributed by atoms with Crippen molar-refractivity contribution in [2.24, 2.45) is 5.73 Å². The van der Waals surface area contributed by atoms with Crippen molar-refractivity contribution in [1.82, 2.24) is 15.3 Å². The zero-order chi connectivity index (χ0) is 23.3. The summed E-state index contributed by atoms with van der Waals surface area (Å²) >= 11 is 1.35. The first-order chi connectivity index (χ1) is 15.8. The molecular formula is C24H30N6O2S. The van der Waals surface area contributed by atoms with Crippen molar-refractivity contribution in [3.63, 3.8) is 0 Å². The van der Waals surface area contributed by atoms with Crippen LogP contribution in [0.2, 0.25) is 0 Å². The normalized spacial score (nSPS) is 24.8. The third-order valence-corrected chi connectivity index (χ3v) is 8.13. The lowest BCUT2D eigenvalue weighted by Gasteiger charge is -2.27. The average molecular weight is 467 g/mol. The number of ether oxygens (including phenoxy) is 1. The Balaban J connectivity index is 1.28. The molecule has 1 amide bonds. The van der Waals surface area contributed by atoms with E-state index in [2.05, 4.69) is 27.3 Å². The van der Waals surface area contributed by atoms with Crippen molar-refractivity contribution in [3.8, 4) is 0 Å². The van der Waals surface area contributed by atoms with Crippen molar-refractivity contribution >= 4 is 39.0 Å². The van der Waals surface area contributed by atoms with Gasteiger partial charge in [0.1, 0.15) is 15.5 Å². The highest BCUT2D eigenvalue weighted by molar-refractivity contribution is 7.21. The number of methoxy groups -OCH3 is 1. The number of aromatic nitrogens is 2. The molecule has 0 unspecified atom stereocenters. The number of anilines is 2. The fourth-order valence-corrected chi connectivity index (χ4v) is 5.83. The number of nitrogens with zero attached hydrogens (tertiary/aromatic N) is 3. The van der Waals surface area contributed by atoms with Gasteiger partial charge in [-0.15, -0.1) is 11.3 Å². The number of nitrogens with one attached hydrogen (secondary N) is 1. The molecule has 1 fully saturated rings. The lowest BCUT2D eigenvalue weighted by atomic mass is 9.91. The molecule has 8 nitrogen and oxygen atoms in total. The Morgan fingerprint density at radius 2 is 2.12 bits per heavy atom. The Morgan fingerprint density at radius 1 is 1.30 bits per heavy atom. The van der Waals surface area contributed by atoms with Gasteiger partial charge in [0, 0.05) is 43.0 Å². The van der Waals surface area contributed by atoms with Gasteiger partial charge in [0.05, 0.1) is 17.3 Å². The number of hydrogen-bond acceptors (Lipinski definition) is 8. The molecule has 0 spiro atoms. The topological polar surface area (TPSA) is 119 Å². The van der Waals surface area contributed by atoms with Crippen molar-refractivity contribution in [2.75, 3.05) is 30.8 Å². The first-order valence-electron chi connectivity index (χ1n) is 11.3. The largest absolute Gasteiger partial charge is 0.397 e. The number of carbonyl (C=O) groups is 1. The summed E-state index contributed by atoms with van der Waals surface area (Å²) < 4.78 is 5.65. The lowest BCUT2D eigenvalue weighted by Crippen LogP contribution is -2.45. The minimum Gasteiger partial charge on any atom is -0.397 e. The first kappa shape index (κ1) is 22.1. The zero-order valence-corrected chi connectivity index (χ0v) is 20.0. The fourth-order valence-electron chi connectivity index (χ4n) is 4.79. The third kappa shape index (κ3) is 3.94. The molecular weight excluding hydrogens is 436 g/mol. The Kier molecular flexibility index (Phi) is 5.50. The van der Waals surface area contributed by atoms with Gasteiger partial charge in [-0.1, -0.05) is 6.07 Å². The third-order valence-electron chi connectivity index (χ3n) is 7.02. The van der Waals surface area contributed by atoms with Crippen molar-refractivity contribution in [3.05, 3.63) is 46.1 Å². The number of nitrogen functional groups attached to an aromatic ring is 1. The first-order valence-corrected chi connectivity index (χ1v) is 12.1. The molecule has 0 bridgehead atoms. The summed E-state index contributed by atoms with van der Waals surface area (Å²) in [6, 6.07) is 8.02. The smallest absolute Gasteiger partial charge is 0.263 e. The number of fused-ring (bicyclic) bond motifs is 2. The minimum absolute atomic E-state index is 0.0500. The Bertz CT molecular complexity index is 1230. The van der Waals surface area contributed by atoms with E-state index in [-0.39, 0.29) is 23.6 Å². The second-order valence-electron chi connectivity index (χ2n) is 9.34. The quantitative estimate of drug-likeness (QED) is 0.540. The van der Waals surface area contributed by atoms with E-state index in [1.165, 1.54) is 16.9 Å². The molecule has 5 N–H and O–H groups in total. The molecule has 0 aromatic carbocycles. The number of hydrogen-bond donors (Lipinski definition) is 3. The molecule has 1 aliphatic carbocycles. The summed E-state index contributed by atoms with van der Waals surface area (Å²) in [5, 5.41) is 4.02. The van der Waals surface area contributed by atoms with Gasteiger partial charge in [-0.25, -0.2) is 9.97 Å². The van der Waals surface area contributed by atoms with Gasteiger partial charge >= 0.3 is 0 Å². The number of nitrogens with two attached hydrogens (primary N) is 2. The SMILES string of the molecule is CO[C@]1(C)CN(c2ccc3c(n2)CC[C@H](NC(=O)c2sc4nc(C)ccc4c2N)C3)C[C@H]1N. The molecule has 1 aliphatic heterocycles. The maximum absolute atomic E-state index is 13.0. The maximum atomic E-state index is 13.0. The highest BCUT2D eigenvalue weighted by atomic mass is 32.1. The number of carbonyl (C=O) groups excluding carboxylic acids is 1. The van der Waals surface area contributed by atoms with Crippen LogP contribution in [-0.4, -0.2) is 53.8 Å². The number of thiophene rings is 1. The summed E-state index contributed by atoms with van der Waals surface area (Å²) in [4.78, 5) is 26.0. The highest BCUT2D eigenvalue weighted by Gasteiger charge is 2.41. The van der Waals surface area contributed by atoms with Gasteiger partial charge in [-0.2, -0.15) is 0 Å². The summed E-state index contributed by atoms with van der Waals surface area (Å²) in [6.07, 6.45) is 2.41. The number of pyridine rings is 2. The molecule has 3 aromatic heterocycles. The predicted molar refractivity (Wildman–Crippen MR) is 132 cm³/mol. The number of aryl methyl sites for hydroxylation is 2. The summed E-state index contributed by atoms with van der Waals surface area (Å²) in [7, 11) is 1.71. The van der Waals surface area contributed by atoms with E-state index in [4.69, 9.17) is 21.2 Å². The van der Waals surface area contributed by atoms with Crippen molar-refractivity contribution in [2.45, 2.75) is 50.8 Å². The van der Waals surface area contributed by atoms with Crippen molar-refractivity contribution in [1.29, 1.82) is 0 Å². The average Bonchev–Trinajstić information content (AvgIpc) is 3.29. The monoisotopic (exact) mass is 466 g/mol. The van der Waals surface area contributed by atoms with Gasteiger partial charge in [-0.05, 0) is 56.9 Å². The molecule has 33 heavy (non-hydrogen) atoms. The molecule has 9 heteroatoms. The maximum Gasteiger partial charge on any atom is 0.263 e.